The molecule has 6 nitrogen and oxygen atoms in total. The summed E-state index contributed by atoms with van der Waals surface area (Å²) in [5, 5.41) is 9.45. The minimum atomic E-state index is -0.264. The Hall–Kier alpha value is -2.50. The van der Waals surface area contributed by atoms with Crippen LogP contribution in [0.4, 0.5) is 10.6 Å². The molecular formula is C13H16N4O2. The molecule has 0 bridgehead atoms. The number of methoxy groups -OCH3 is 1. The van der Waals surface area contributed by atoms with Crippen LogP contribution in [0.5, 0.6) is 5.75 Å². The van der Waals surface area contributed by atoms with Crippen LogP contribution in [0.15, 0.2) is 36.5 Å². The molecule has 0 aliphatic carbocycles. The molecule has 0 aliphatic rings. The van der Waals surface area contributed by atoms with Crippen LogP contribution in [0.2, 0.25) is 0 Å². The fraction of sp³-hybridized carbons (Fsp3) is 0.231. The maximum atomic E-state index is 11.7. The molecular weight excluding hydrogens is 244 g/mol. The molecule has 0 atom stereocenters. The van der Waals surface area contributed by atoms with Gasteiger partial charge < -0.3 is 10.1 Å². The number of nitrogens with zero attached hydrogens (tertiary/aromatic N) is 2. The molecule has 100 valence electrons. The van der Waals surface area contributed by atoms with Gasteiger partial charge in [0.2, 0.25) is 0 Å². The minimum absolute atomic E-state index is 0.264. The highest BCUT2D eigenvalue weighted by Crippen LogP contribution is 2.11. The lowest BCUT2D eigenvalue weighted by atomic mass is 10.2. The predicted octanol–water partition coefficient (Wildman–Crippen LogP) is 1.75. The van der Waals surface area contributed by atoms with E-state index in [-0.39, 0.29) is 6.03 Å². The third-order valence-electron chi connectivity index (χ3n) is 2.67. The molecule has 6 heteroatoms. The highest BCUT2D eigenvalue weighted by molar-refractivity contribution is 5.88. The van der Waals surface area contributed by atoms with Crippen LogP contribution in [0.25, 0.3) is 0 Å². The molecule has 0 saturated heterocycles. The van der Waals surface area contributed by atoms with Crippen molar-refractivity contribution in [3.8, 4) is 5.75 Å². The van der Waals surface area contributed by atoms with Gasteiger partial charge >= 0.3 is 6.03 Å². The summed E-state index contributed by atoms with van der Waals surface area (Å²) in [5.74, 6) is 1.44. The van der Waals surface area contributed by atoms with Gasteiger partial charge in [-0.1, -0.05) is 12.1 Å². The third-order valence-corrected chi connectivity index (χ3v) is 2.67. The Bertz CT molecular complexity index is 548. The van der Waals surface area contributed by atoms with Crippen LogP contribution in [0.3, 0.4) is 0 Å². The van der Waals surface area contributed by atoms with Crippen molar-refractivity contribution in [3.63, 3.8) is 0 Å². The van der Waals surface area contributed by atoms with Crippen molar-refractivity contribution >= 4 is 11.8 Å². The second kappa shape index (κ2) is 5.90. The van der Waals surface area contributed by atoms with E-state index in [1.54, 1.807) is 31.1 Å². The molecule has 2 rings (SSSR count). The zero-order chi connectivity index (χ0) is 13.7. The van der Waals surface area contributed by atoms with Crippen LogP contribution in [-0.2, 0) is 13.6 Å². The van der Waals surface area contributed by atoms with Crippen molar-refractivity contribution in [2.45, 2.75) is 6.54 Å². The molecule has 2 aromatic rings. The maximum Gasteiger partial charge on any atom is 0.320 e. The van der Waals surface area contributed by atoms with Gasteiger partial charge in [-0.2, -0.15) is 5.10 Å². The zero-order valence-electron chi connectivity index (χ0n) is 10.9. The monoisotopic (exact) mass is 260 g/mol. The summed E-state index contributed by atoms with van der Waals surface area (Å²) >= 11 is 0. The van der Waals surface area contributed by atoms with Gasteiger partial charge in [-0.05, 0) is 17.7 Å². The number of hydrogen-bond donors (Lipinski definition) is 2. The molecule has 19 heavy (non-hydrogen) atoms. The molecule has 0 saturated carbocycles. The number of aromatic nitrogens is 2. The van der Waals surface area contributed by atoms with Gasteiger partial charge in [0.1, 0.15) is 11.6 Å². The first-order valence-electron chi connectivity index (χ1n) is 5.85. The van der Waals surface area contributed by atoms with Crippen molar-refractivity contribution in [3.05, 3.63) is 42.1 Å². The standard InChI is InChI=1S/C13H16N4O2/c1-17-12(7-8-15-17)16-13(18)14-9-10-3-5-11(19-2)6-4-10/h3-8H,9H2,1-2H3,(H2,14,16,18). The number of ether oxygens (including phenoxy) is 1. The summed E-state index contributed by atoms with van der Waals surface area (Å²) in [6, 6.07) is 8.99. The number of hydrogen-bond acceptors (Lipinski definition) is 3. The summed E-state index contributed by atoms with van der Waals surface area (Å²) in [6.07, 6.45) is 1.62. The molecule has 1 aromatic carbocycles. The lowest BCUT2D eigenvalue weighted by Crippen LogP contribution is -2.29. The van der Waals surface area contributed by atoms with Crippen LogP contribution >= 0.6 is 0 Å². The number of aryl methyl sites for hydroxylation is 1. The molecule has 0 radical (unpaired) electrons. The molecule has 1 aromatic heterocycles. The minimum Gasteiger partial charge on any atom is -0.497 e. The topological polar surface area (TPSA) is 68.2 Å². The van der Waals surface area contributed by atoms with Crippen molar-refractivity contribution in [1.29, 1.82) is 0 Å². The third kappa shape index (κ3) is 3.48. The van der Waals surface area contributed by atoms with Crippen LogP contribution in [0.1, 0.15) is 5.56 Å². The number of anilines is 1. The second-order valence-corrected chi connectivity index (χ2v) is 4.00. The highest BCUT2D eigenvalue weighted by Gasteiger charge is 2.04. The highest BCUT2D eigenvalue weighted by atomic mass is 16.5. The predicted molar refractivity (Wildman–Crippen MR) is 72.1 cm³/mol. The second-order valence-electron chi connectivity index (χ2n) is 4.00. The molecule has 0 aliphatic heterocycles. The van der Waals surface area contributed by atoms with E-state index in [1.165, 1.54) is 0 Å². The summed E-state index contributed by atoms with van der Waals surface area (Å²) in [4.78, 5) is 11.7. The molecule has 0 unspecified atom stereocenters. The van der Waals surface area contributed by atoms with Gasteiger partial charge in [0.25, 0.3) is 0 Å². The zero-order valence-corrected chi connectivity index (χ0v) is 10.9. The van der Waals surface area contributed by atoms with E-state index < -0.39 is 0 Å². The first-order valence-corrected chi connectivity index (χ1v) is 5.85. The lowest BCUT2D eigenvalue weighted by molar-refractivity contribution is 0.251. The normalized spacial score (nSPS) is 10.0. The van der Waals surface area contributed by atoms with Crippen LogP contribution < -0.4 is 15.4 Å². The van der Waals surface area contributed by atoms with Gasteiger partial charge in [-0.15, -0.1) is 0 Å². The number of urea groups is 1. The van der Waals surface area contributed by atoms with E-state index in [0.29, 0.717) is 12.4 Å². The molecule has 0 fully saturated rings. The molecule has 0 spiro atoms. The van der Waals surface area contributed by atoms with Gasteiger partial charge in [0, 0.05) is 19.7 Å². The summed E-state index contributed by atoms with van der Waals surface area (Å²) in [6.45, 7) is 0.452. The smallest absolute Gasteiger partial charge is 0.320 e. The van der Waals surface area contributed by atoms with Crippen molar-refractivity contribution in [2.75, 3.05) is 12.4 Å². The van der Waals surface area contributed by atoms with E-state index in [2.05, 4.69) is 15.7 Å². The Morgan fingerprint density at radius 1 is 1.32 bits per heavy atom. The van der Waals surface area contributed by atoms with Gasteiger partial charge in [-0.3, -0.25) is 10.00 Å². The number of carbonyl (C=O) groups is 1. The van der Waals surface area contributed by atoms with Crippen molar-refractivity contribution in [2.24, 2.45) is 7.05 Å². The number of carbonyl (C=O) groups excluding carboxylic acids is 1. The first-order chi connectivity index (χ1) is 9.19. The number of rotatable bonds is 4. The van der Waals surface area contributed by atoms with Crippen LogP contribution in [0, 0.1) is 0 Å². The van der Waals surface area contributed by atoms with E-state index in [0.717, 1.165) is 11.3 Å². The SMILES string of the molecule is COc1ccc(CNC(=O)Nc2ccnn2C)cc1. The maximum absolute atomic E-state index is 11.7. The van der Waals surface area contributed by atoms with Crippen molar-refractivity contribution < 1.29 is 9.53 Å². The quantitative estimate of drug-likeness (QED) is 0.880. The molecule has 2 amide bonds. The molecule has 2 N–H and O–H groups in total. The Morgan fingerprint density at radius 2 is 2.05 bits per heavy atom. The fourth-order valence-corrected chi connectivity index (χ4v) is 1.58. The van der Waals surface area contributed by atoms with E-state index in [9.17, 15) is 4.79 Å². The van der Waals surface area contributed by atoms with E-state index in [1.807, 2.05) is 24.3 Å². The van der Waals surface area contributed by atoms with Gasteiger partial charge in [-0.25, -0.2) is 4.79 Å². The summed E-state index contributed by atoms with van der Waals surface area (Å²) < 4.78 is 6.66. The largest absolute Gasteiger partial charge is 0.497 e. The lowest BCUT2D eigenvalue weighted by Gasteiger charge is -2.08. The van der Waals surface area contributed by atoms with E-state index >= 15 is 0 Å². The Morgan fingerprint density at radius 3 is 2.63 bits per heavy atom. The summed E-state index contributed by atoms with van der Waals surface area (Å²) in [5.41, 5.74) is 1.00. The Balaban J connectivity index is 1.84. The van der Waals surface area contributed by atoms with Crippen LogP contribution in [-0.4, -0.2) is 22.9 Å². The van der Waals surface area contributed by atoms with Crippen molar-refractivity contribution in [1.82, 2.24) is 15.1 Å². The fourth-order valence-electron chi connectivity index (χ4n) is 1.58. The molecule has 1 heterocycles. The Labute approximate surface area is 111 Å². The number of nitrogens with one attached hydrogen (secondary N) is 2. The van der Waals surface area contributed by atoms with E-state index in [4.69, 9.17) is 4.74 Å². The van der Waals surface area contributed by atoms with Gasteiger partial charge in [0.15, 0.2) is 0 Å². The number of amides is 2. The Kier molecular flexibility index (Phi) is 4.02. The summed E-state index contributed by atoms with van der Waals surface area (Å²) in [7, 11) is 3.38. The first kappa shape index (κ1) is 12.9. The van der Waals surface area contributed by atoms with Gasteiger partial charge in [0.05, 0.1) is 13.3 Å². The number of benzene rings is 1. The average molecular weight is 260 g/mol. The average Bonchev–Trinajstić information content (AvgIpc) is 2.82.